The van der Waals surface area contributed by atoms with Gasteiger partial charge in [0.15, 0.2) is 0 Å². The highest BCUT2D eigenvalue weighted by Crippen LogP contribution is 2.35. The molecule has 1 fully saturated rings. The molecule has 0 saturated carbocycles. The van der Waals surface area contributed by atoms with E-state index >= 15 is 0 Å². The van der Waals surface area contributed by atoms with Crippen LogP contribution in [0.5, 0.6) is 0 Å². The van der Waals surface area contributed by atoms with Crippen molar-refractivity contribution in [3.63, 3.8) is 0 Å². The average molecular weight is 311 g/mol. The zero-order chi connectivity index (χ0) is 15.4. The van der Waals surface area contributed by atoms with Gasteiger partial charge >= 0.3 is 0 Å². The second kappa shape index (κ2) is 7.13. The number of thioether (sulfide) groups is 1. The van der Waals surface area contributed by atoms with E-state index in [2.05, 4.69) is 10.0 Å². The van der Waals surface area contributed by atoms with Crippen molar-refractivity contribution in [1.29, 1.82) is 0 Å². The Labute approximate surface area is 126 Å². The fourth-order valence-electron chi connectivity index (χ4n) is 2.10. The Morgan fingerprint density at radius 2 is 1.95 bits per heavy atom. The molecule has 7 nitrogen and oxygen atoms in total. The van der Waals surface area contributed by atoms with Gasteiger partial charge in [0.1, 0.15) is 23.7 Å². The second-order valence-electron chi connectivity index (χ2n) is 4.83. The lowest BCUT2D eigenvalue weighted by molar-refractivity contribution is -0.165. The van der Waals surface area contributed by atoms with Gasteiger partial charge in [-0.05, 0) is 24.6 Å². The van der Waals surface area contributed by atoms with Crippen molar-refractivity contribution in [1.82, 2.24) is 0 Å². The van der Waals surface area contributed by atoms with Crippen LogP contribution in [0.1, 0.15) is 5.56 Å². The van der Waals surface area contributed by atoms with Crippen LogP contribution in [0, 0.1) is 6.92 Å². The molecule has 0 aromatic heterocycles. The van der Waals surface area contributed by atoms with Gasteiger partial charge in [0, 0.05) is 9.81 Å². The minimum atomic E-state index is -1.29. The molecular weight excluding hydrogens is 294 g/mol. The number of ether oxygens (including phenoxy) is 1. The highest BCUT2D eigenvalue weighted by molar-refractivity contribution is 7.99. The van der Waals surface area contributed by atoms with Crippen LogP contribution in [-0.4, -0.2) is 51.7 Å². The van der Waals surface area contributed by atoms with Gasteiger partial charge in [-0.25, -0.2) is 0 Å². The normalized spacial score (nSPS) is 32.5. The molecule has 0 radical (unpaired) electrons. The molecule has 1 aliphatic rings. The van der Waals surface area contributed by atoms with Gasteiger partial charge in [0.2, 0.25) is 0 Å². The maximum Gasteiger partial charge on any atom is 0.119 e. The molecule has 0 spiro atoms. The van der Waals surface area contributed by atoms with Crippen molar-refractivity contribution in [2.45, 2.75) is 41.6 Å². The van der Waals surface area contributed by atoms with Crippen LogP contribution in [0.3, 0.4) is 0 Å². The molecular formula is C13H17N3O4S. The first kappa shape index (κ1) is 16.1. The Hall–Kier alpha value is -1.28. The first-order valence-electron chi connectivity index (χ1n) is 6.47. The molecule has 1 aromatic rings. The summed E-state index contributed by atoms with van der Waals surface area (Å²) in [6.07, 6.45) is -3.48. The van der Waals surface area contributed by atoms with E-state index in [1.807, 2.05) is 31.2 Å². The summed E-state index contributed by atoms with van der Waals surface area (Å²) >= 11 is 1.28. The largest absolute Gasteiger partial charge is 0.394 e. The van der Waals surface area contributed by atoms with Crippen molar-refractivity contribution < 1.29 is 20.1 Å². The Kier molecular flexibility index (Phi) is 5.46. The number of aliphatic hydroxyl groups excluding tert-OH is 3. The fraction of sp³-hybridized carbons (Fsp3) is 0.538. The maximum absolute atomic E-state index is 10.0. The zero-order valence-corrected chi connectivity index (χ0v) is 12.2. The number of nitrogens with zero attached hydrogens (tertiary/aromatic N) is 3. The van der Waals surface area contributed by atoms with Crippen molar-refractivity contribution >= 4 is 11.8 Å². The monoisotopic (exact) mass is 311 g/mol. The number of rotatable bonds is 4. The molecule has 3 N–H and O–H groups in total. The third kappa shape index (κ3) is 3.68. The zero-order valence-electron chi connectivity index (χ0n) is 11.4. The van der Waals surface area contributed by atoms with Crippen LogP contribution >= 0.6 is 11.8 Å². The molecule has 2 rings (SSSR count). The molecule has 0 aliphatic carbocycles. The Balaban J connectivity index is 2.20. The Bertz CT molecular complexity index is 521. The quantitative estimate of drug-likeness (QED) is 0.438. The van der Waals surface area contributed by atoms with Crippen LogP contribution in [0.4, 0.5) is 0 Å². The van der Waals surface area contributed by atoms with Gasteiger partial charge in [0.25, 0.3) is 0 Å². The number of hydrogen-bond acceptors (Lipinski definition) is 6. The number of benzene rings is 1. The highest BCUT2D eigenvalue weighted by Gasteiger charge is 2.44. The topological polar surface area (TPSA) is 119 Å². The fourth-order valence-corrected chi connectivity index (χ4v) is 3.21. The number of aliphatic hydroxyl groups is 3. The average Bonchev–Trinajstić information content (AvgIpc) is 2.49. The van der Waals surface area contributed by atoms with Crippen LogP contribution < -0.4 is 0 Å². The summed E-state index contributed by atoms with van der Waals surface area (Å²) in [6.45, 7) is 1.54. The lowest BCUT2D eigenvalue weighted by Gasteiger charge is -2.40. The van der Waals surface area contributed by atoms with E-state index in [4.69, 9.17) is 10.3 Å². The van der Waals surface area contributed by atoms with E-state index in [0.717, 1.165) is 10.5 Å². The van der Waals surface area contributed by atoms with Gasteiger partial charge in [-0.2, -0.15) is 0 Å². The summed E-state index contributed by atoms with van der Waals surface area (Å²) in [7, 11) is 0. The third-order valence-corrected chi connectivity index (χ3v) is 4.47. The smallest absolute Gasteiger partial charge is 0.119 e. The van der Waals surface area contributed by atoms with E-state index in [1.54, 1.807) is 0 Å². The van der Waals surface area contributed by atoms with E-state index in [0.29, 0.717) is 0 Å². The Morgan fingerprint density at radius 3 is 2.52 bits per heavy atom. The summed E-state index contributed by atoms with van der Waals surface area (Å²) in [5, 5.41) is 32.6. The minimum Gasteiger partial charge on any atom is -0.394 e. The third-order valence-electron chi connectivity index (χ3n) is 3.31. The van der Waals surface area contributed by atoms with Crippen LogP contribution in [0.25, 0.3) is 10.4 Å². The number of aryl methyl sites for hydroxylation is 1. The molecule has 1 aromatic carbocycles. The minimum absolute atomic E-state index is 0.424. The van der Waals surface area contributed by atoms with Gasteiger partial charge < -0.3 is 20.1 Å². The van der Waals surface area contributed by atoms with Crippen molar-refractivity contribution in [2.24, 2.45) is 5.11 Å². The van der Waals surface area contributed by atoms with Gasteiger partial charge in [-0.1, -0.05) is 34.6 Å². The van der Waals surface area contributed by atoms with Gasteiger partial charge in [0.05, 0.1) is 12.7 Å². The summed E-state index contributed by atoms with van der Waals surface area (Å²) < 4.78 is 5.56. The maximum atomic E-state index is 10.0. The lowest BCUT2D eigenvalue weighted by Crippen LogP contribution is -2.56. The molecule has 8 heteroatoms. The molecule has 1 saturated heterocycles. The molecule has 0 amide bonds. The van der Waals surface area contributed by atoms with E-state index in [-0.39, 0.29) is 0 Å². The summed E-state index contributed by atoms with van der Waals surface area (Å²) in [4.78, 5) is 3.58. The molecule has 5 atom stereocenters. The SMILES string of the molecule is Cc1ccc(S[C@@H]2O[C@H](CO)[C@@H](O)[C@H](O)[C@H]2N=[N+]=[N-])cc1. The van der Waals surface area contributed by atoms with Crippen molar-refractivity contribution in [3.8, 4) is 0 Å². The summed E-state index contributed by atoms with van der Waals surface area (Å²) in [5.41, 5.74) is 9.05. The second-order valence-corrected chi connectivity index (χ2v) is 6.00. The Morgan fingerprint density at radius 1 is 1.29 bits per heavy atom. The molecule has 21 heavy (non-hydrogen) atoms. The highest BCUT2D eigenvalue weighted by atomic mass is 32.2. The summed E-state index contributed by atoms with van der Waals surface area (Å²) in [5.74, 6) is 0. The molecule has 1 heterocycles. The lowest BCUT2D eigenvalue weighted by atomic mass is 9.99. The van der Waals surface area contributed by atoms with Gasteiger partial charge in [-0.15, -0.1) is 0 Å². The van der Waals surface area contributed by atoms with Gasteiger partial charge in [-0.3, -0.25) is 0 Å². The molecule has 1 aliphatic heterocycles. The van der Waals surface area contributed by atoms with E-state index < -0.39 is 36.4 Å². The van der Waals surface area contributed by atoms with Crippen LogP contribution in [0.15, 0.2) is 34.3 Å². The summed E-state index contributed by atoms with van der Waals surface area (Å²) in [6, 6.07) is 6.72. The first-order chi connectivity index (χ1) is 10.1. The van der Waals surface area contributed by atoms with E-state index in [1.165, 1.54) is 11.8 Å². The van der Waals surface area contributed by atoms with Crippen LogP contribution in [0.2, 0.25) is 0 Å². The predicted octanol–water partition coefficient (Wildman–Crippen LogP) is 1.21. The first-order valence-corrected chi connectivity index (χ1v) is 7.34. The van der Waals surface area contributed by atoms with Crippen molar-refractivity contribution in [2.75, 3.05) is 6.61 Å². The standard InChI is InChI=1S/C13H17N3O4S/c1-7-2-4-8(5-3-7)21-13-10(15-16-14)12(19)11(18)9(6-17)20-13/h2-5,9-13,17-19H,6H2,1H3/t9-,10-,11-,12-,13+/m1/s1. The van der Waals surface area contributed by atoms with E-state index in [9.17, 15) is 15.3 Å². The van der Waals surface area contributed by atoms with Crippen molar-refractivity contribution in [3.05, 3.63) is 40.3 Å². The molecule has 0 unspecified atom stereocenters. The number of hydrogen-bond donors (Lipinski definition) is 3. The predicted molar refractivity (Wildman–Crippen MR) is 77.7 cm³/mol. The molecule has 114 valence electrons. The molecule has 0 bridgehead atoms. The van der Waals surface area contributed by atoms with Crippen LogP contribution in [-0.2, 0) is 4.74 Å². The number of azide groups is 1.